The predicted molar refractivity (Wildman–Crippen MR) is 67.1 cm³/mol. The second-order valence-electron chi connectivity index (χ2n) is 4.83. The molecule has 6 heteroatoms. The molecule has 20 heavy (non-hydrogen) atoms. The predicted octanol–water partition coefficient (Wildman–Crippen LogP) is 2.82. The molecule has 0 unspecified atom stereocenters. The van der Waals surface area contributed by atoms with Crippen LogP contribution in [0.2, 0.25) is 0 Å². The van der Waals surface area contributed by atoms with Crippen molar-refractivity contribution in [3.8, 4) is 11.3 Å². The van der Waals surface area contributed by atoms with Gasteiger partial charge in [-0.2, -0.15) is 0 Å². The molecule has 1 aromatic carbocycles. The number of carbonyl (C=O) groups is 1. The average molecular weight is 278 g/mol. The Morgan fingerprint density at radius 1 is 1.40 bits per heavy atom. The Hall–Kier alpha value is -2.24. The second kappa shape index (κ2) is 4.70. The minimum absolute atomic E-state index is 0.0456. The van der Waals surface area contributed by atoms with Crippen molar-refractivity contribution in [2.45, 2.75) is 25.8 Å². The zero-order valence-corrected chi connectivity index (χ0v) is 10.7. The van der Waals surface area contributed by atoms with Gasteiger partial charge in [-0.15, -0.1) is 0 Å². The Kier molecular flexibility index (Phi) is 3.00. The first-order chi connectivity index (χ1) is 9.56. The summed E-state index contributed by atoms with van der Waals surface area (Å²) < 4.78 is 31.7. The van der Waals surface area contributed by atoms with E-state index in [0.29, 0.717) is 5.76 Å². The van der Waals surface area contributed by atoms with Crippen molar-refractivity contribution >= 4 is 5.91 Å². The summed E-state index contributed by atoms with van der Waals surface area (Å²) in [6.07, 6.45) is 1.88. The molecule has 0 bridgehead atoms. The number of nitrogens with zero attached hydrogens (tertiary/aromatic N) is 1. The summed E-state index contributed by atoms with van der Waals surface area (Å²) in [5.74, 6) is -1.50. The maximum Gasteiger partial charge on any atom is 0.257 e. The number of rotatable bonds is 3. The first kappa shape index (κ1) is 12.8. The van der Waals surface area contributed by atoms with Gasteiger partial charge in [0.25, 0.3) is 5.91 Å². The molecule has 2 aromatic rings. The van der Waals surface area contributed by atoms with E-state index in [-0.39, 0.29) is 28.8 Å². The van der Waals surface area contributed by atoms with E-state index in [1.54, 1.807) is 6.92 Å². The molecule has 1 aliphatic carbocycles. The zero-order valence-electron chi connectivity index (χ0n) is 10.7. The molecule has 0 spiro atoms. The highest BCUT2D eigenvalue weighted by atomic mass is 19.1. The van der Waals surface area contributed by atoms with Gasteiger partial charge in [-0.1, -0.05) is 5.16 Å². The molecule has 0 atom stereocenters. The molecule has 3 rings (SSSR count). The Labute approximate surface area is 113 Å². The van der Waals surface area contributed by atoms with Gasteiger partial charge in [0, 0.05) is 17.7 Å². The fourth-order valence-corrected chi connectivity index (χ4v) is 1.99. The van der Waals surface area contributed by atoms with Crippen molar-refractivity contribution in [1.29, 1.82) is 0 Å². The van der Waals surface area contributed by atoms with Crippen LogP contribution in [-0.2, 0) is 0 Å². The standard InChI is InChI=1S/C14H12F2N2O2/c1-7-12(14(19)17-9-3-4-9)13(18-20-7)10-5-2-8(15)6-11(10)16/h2,5-6,9H,3-4H2,1H3,(H,17,19). The molecule has 0 saturated heterocycles. The smallest absolute Gasteiger partial charge is 0.257 e. The number of nitrogens with one attached hydrogen (secondary N) is 1. The fourth-order valence-electron chi connectivity index (χ4n) is 1.99. The van der Waals surface area contributed by atoms with Gasteiger partial charge in [0.1, 0.15) is 28.7 Å². The van der Waals surface area contributed by atoms with Crippen molar-refractivity contribution in [2.75, 3.05) is 0 Å². The Morgan fingerprint density at radius 2 is 2.15 bits per heavy atom. The van der Waals surface area contributed by atoms with Gasteiger partial charge < -0.3 is 9.84 Å². The van der Waals surface area contributed by atoms with E-state index in [2.05, 4.69) is 10.5 Å². The number of carbonyl (C=O) groups excluding carboxylic acids is 1. The van der Waals surface area contributed by atoms with E-state index in [4.69, 9.17) is 4.52 Å². The van der Waals surface area contributed by atoms with Gasteiger partial charge in [0.05, 0.1) is 0 Å². The number of benzene rings is 1. The number of amides is 1. The summed E-state index contributed by atoms with van der Waals surface area (Å²) in [5.41, 5.74) is 0.338. The van der Waals surface area contributed by atoms with E-state index < -0.39 is 11.6 Å². The molecule has 1 amide bonds. The highest BCUT2D eigenvalue weighted by molar-refractivity contribution is 6.01. The third kappa shape index (κ3) is 2.29. The first-order valence-electron chi connectivity index (χ1n) is 6.29. The Bertz CT molecular complexity index is 678. The van der Waals surface area contributed by atoms with Crippen LogP contribution in [0.3, 0.4) is 0 Å². The van der Waals surface area contributed by atoms with E-state index >= 15 is 0 Å². The topological polar surface area (TPSA) is 55.1 Å². The summed E-state index contributed by atoms with van der Waals surface area (Å²) in [6, 6.07) is 3.28. The van der Waals surface area contributed by atoms with Crippen LogP contribution < -0.4 is 5.32 Å². The number of aromatic nitrogens is 1. The maximum absolute atomic E-state index is 13.8. The molecule has 1 N–H and O–H groups in total. The van der Waals surface area contributed by atoms with Gasteiger partial charge in [0.2, 0.25) is 0 Å². The van der Waals surface area contributed by atoms with Crippen molar-refractivity contribution in [3.05, 3.63) is 41.2 Å². The van der Waals surface area contributed by atoms with E-state index in [0.717, 1.165) is 25.0 Å². The lowest BCUT2D eigenvalue weighted by molar-refractivity contribution is 0.0950. The lowest BCUT2D eigenvalue weighted by Crippen LogP contribution is -2.26. The third-order valence-electron chi connectivity index (χ3n) is 3.19. The summed E-state index contributed by atoms with van der Waals surface area (Å²) in [7, 11) is 0. The van der Waals surface area contributed by atoms with Crippen molar-refractivity contribution in [2.24, 2.45) is 0 Å². The second-order valence-corrected chi connectivity index (χ2v) is 4.83. The summed E-state index contributed by atoms with van der Waals surface area (Å²) in [6.45, 7) is 1.58. The van der Waals surface area contributed by atoms with Crippen LogP contribution in [0.1, 0.15) is 29.0 Å². The number of hydrogen-bond acceptors (Lipinski definition) is 3. The molecule has 104 valence electrons. The van der Waals surface area contributed by atoms with Gasteiger partial charge in [0.15, 0.2) is 0 Å². The highest BCUT2D eigenvalue weighted by Gasteiger charge is 2.29. The van der Waals surface area contributed by atoms with Gasteiger partial charge in [-0.3, -0.25) is 4.79 Å². The van der Waals surface area contributed by atoms with Gasteiger partial charge in [-0.25, -0.2) is 8.78 Å². The molecule has 1 fully saturated rings. The molecule has 4 nitrogen and oxygen atoms in total. The molecule has 0 aliphatic heterocycles. The normalized spacial score (nSPS) is 14.3. The van der Waals surface area contributed by atoms with Crippen LogP contribution >= 0.6 is 0 Å². The molecule has 0 radical (unpaired) electrons. The van der Waals surface area contributed by atoms with Crippen molar-refractivity contribution in [3.63, 3.8) is 0 Å². The number of hydrogen-bond donors (Lipinski definition) is 1. The molecule has 1 aliphatic rings. The monoisotopic (exact) mass is 278 g/mol. The van der Waals surface area contributed by atoms with Crippen LogP contribution in [0.4, 0.5) is 8.78 Å². The molecular weight excluding hydrogens is 266 g/mol. The molecule has 1 saturated carbocycles. The largest absolute Gasteiger partial charge is 0.360 e. The summed E-state index contributed by atoms with van der Waals surface area (Å²) in [5, 5.41) is 6.53. The van der Waals surface area contributed by atoms with Crippen molar-refractivity contribution in [1.82, 2.24) is 10.5 Å². The summed E-state index contributed by atoms with van der Waals surface area (Å²) in [4.78, 5) is 12.1. The minimum Gasteiger partial charge on any atom is -0.360 e. The summed E-state index contributed by atoms with van der Waals surface area (Å²) >= 11 is 0. The van der Waals surface area contributed by atoms with Gasteiger partial charge in [-0.05, 0) is 31.9 Å². The molecule has 1 aromatic heterocycles. The lowest BCUT2D eigenvalue weighted by atomic mass is 10.0. The average Bonchev–Trinajstić information content (AvgIpc) is 3.11. The van der Waals surface area contributed by atoms with Crippen LogP contribution in [-0.4, -0.2) is 17.1 Å². The lowest BCUT2D eigenvalue weighted by Gasteiger charge is -2.05. The minimum atomic E-state index is -0.779. The molecule has 1 heterocycles. The maximum atomic E-state index is 13.8. The Morgan fingerprint density at radius 3 is 2.80 bits per heavy atom. The SMILES string of the molecule is Cc1onc(-c2ccc(F)cc2F)c1C(=O)NC1CC1. The number of halogens is 2. The van der Waals surface area contributed by atoms with E-state index in [9.17, 15) is 13.6 Å². The molecular formula is C14H12F2N2O2. The fraction of sp³-hybridized carbons (Fsp3) is 0.286. The van der Waals surface area contributed by atoms with Crippen LogP contribution in [0.5, 0.6) is 0 Å². The van der Waals surface area contributed by atoms with Crippen molar-refractivity contribution < 1.29 is 18.1 Å². The first-order valence-corrected chi connectivity index (χ1v) is 6.29. The van der Waals surface area contributed by atoms with Gasteiger partial charge >= 0.3 is 0 Å². The quantitative estimate of drug-likeness (QED) is 0.939. The Balaban J connectivity index is 2.03. The van der Waals surface area contributed by atoms with E-state index in [1.165, 1.54) is 6.07 Å². The van der Waals surface area contributed by atoms with E-state index in [1.807, 2.05) is 0 Å². The number of aryl methyl sites for hydroxylation is 1. The van der Waals surface area contributed by atoms with Crippen LogP contribution in [0.15, 0.2) is 22.7 Å². The van der Waals surface area contributed by atoms with Crippen LogP contribution in [0, 0.1) is 18.6 Å². The zero-order chi connectivity index (χ0) is 14.3. The van der Waals surface area contributed by atoms with Crippen LogP contribution in [0.25, 0.3) is 11.3 Å². The highest BCUT2D eigenvalue weighted by Crippen LogP contribution is 2.29. The third-order valence-corrected chi connectivity index (χ3v) is 3.19.